The van der Waals surface area contributed by atoms with Gasteiger partial charge in [-0.3, -0.25) is 4.79 Å². The molecule has 0 bridgehead atoms. The van der Waals surface area contributed by atoms with Crippen LogP contribution in [0.25, 0.3) is 11.0 Å². The van der Waals surface area contributed by atoms with Gasteiger partial charge in [-0.05, 0) is 42.0 Å². The third-order valence-electron chi connectivity index (χ3n) is 3.38. The zero-order chi connectivity index (χ0) is 17.1. The van der Waals surface area contributed by atoms with Crippen LogP contribution in [-0.2, 0) is 6.54 Å². The van der Waals surface area contributed by atoms with Crippen molar-refractivity contribution in [2.45, 2.75) is 6.54 Å². The zero-order valence-corrected chi connectivity index (χ0v) is 13.3. The first-order valence-corrected chi connectivity index (χ1v) is 7.52. The molecule has 3 aromatic rings. The number of amides is 3. The van der Waals surface area contributed by atoms with Crippen molar-refractivity contribution < 1.29 is 14.0 Å². The van der Waals surface area contributed by atoms with E-state index in [1.807, 2.05) is 0 Å². The van der Waals surface area contributed by atoms with Crippen molar-refractivity contribution in [2.24, 2.45) is 5.73 Å². The lowest BCUT2D eigenvalue weighted by Crippen LogP contribution is -2.22. The molecule has 1 aromatic heterocycles. The van der Waals surface area contributed by atoms with Crippen molar-refractivity contribution in [3.05, 3.63) is 64.9 Å². The summed E-state index contributed by atoms with van der Waals surface area (Å²) in [5, 5.41) is 6.60. The Bertz CT molecular complexity index is 903. The number of nitrogens with one attached hydrogen (secondary N) is 2. The first-order chi connectivity index (χ1) is 11.5. The molecule has 0 aliphatic rings. The molecular formula is C17H14ClN3O3. The molecular weight excluding hydrogens is 330 g/mol. The van der Waals surface area contributed by atoms with E-state index in [0.29, 0.717) is 22.8 Å². The summed E-state index contributed by atoms with van der Waals surface area (Å²) in [6.45, 7) is 0.327. The fourth-order valence-corrected chi connectivity index (χ4v) is 2.42. The maximum atomic E-state index is 12.2. The predicted molar refractivity (Wildman–Crippen MR) is 92.0 cm³/mol. The molecule has 0 atom stereocenters. The Labute approximate surface area is 142 Å². The summed E-state index contributed by atoms with van der Waals surface area (Å²) < 4.78 is 5.50. The molecule has 6 nitrogen and oxygen atoms in total. The Morgan fingerprint density at radius 2 is 1.83 bits per heavy atom. The standard InChI is InChI=1S/C17H14ClN3O3/c18-12-3-6-14-11(7-12)8-15(24-14)16(22)20-9-10-1-4-13(5-2-10)21-17(19)23/h1-8H,9H2,(H,20,22)(H3,19,21,23). The first kappa shape index (κ1) is 15.9. The van der Waals surface area contributed by atoms with Gasteiger partial charge in [0.1, 0.15) is 5.58 Å². The van der Waals surface area contributed by atoms with Crippen LogP contribution in [0.1, 0.15) is 16.1 Å². The number of rotatable bonds is 4. The first-order valence-electron chi connectivity index (χ1n) is 7.14. The summed E-state index contributed by atoms with van der Waals surface area (Å²) in [7, 11) is 0. The predicted octanol–water partition coefficient (Wildman–Crippen LogP) is 3.51. The molecule has 4 N–H and O–H groups in total. The summed E-state index contributed by atoms with van der Waals surface area (Å²) in [6, 6.07) is 13.2. The number of anilines is 1. The van der Waals surface area contributed by atoms with Crippen molar-refractivity contribution in [3.8, 4) is 0 Å². The molecule has 122 valence electrons. The lowest BCUT2D eigenvalue weighted by molar-refractivity contribution is 0.0925. The van der Waals surface area contributed by atoms with E-state index in [1.54, 1.807) is 48.5 Å². The third-order valence-corrected chi connectivity index (χ3v) is 3.61. The van der Waals surface area contributed by atoms with Crippen LogP contribution in [0.3, 0.4) is 0 Å². The Hall–Kier alpha value is -2.99. The Morgan fingerprint density at radius 1 is 1.08 bits per heavy atom. The summed E-state index contributed by atoms with van der Waals surface area (Å²) in [5.41, 5.74) is 7.11. The van der Waals surface area contributed by atoms with E-state index >= 15 is 0 Å². The molecule has 0 aliphatic heterocycles. The van der Waals surface area contributed by atoms with Gasteiger partial charge in [-0.2, -0.15) is 0 Å². The molecule has 0 saturated carbocycles. The normalized spacial score (nSPS) is 10.5. The Morgan fingerprint density at radius 3 is 2.54 bits per heavy atom. The van der Waals surface area contributed by atoms with Crippen LogP contribution in [0.2, 0.25) is 5.02 Å². The number of urea groups is 1. The maximum Gasteiger partial charge on any atom is 0.316 e. The van der Waals surface area contributed by atoms with Gasteiger partial charge in [0.2, 0.25) is 0 Å². The van der Waals surface area contributed by atoms with Gasteiger partial charge >= 0.3 is 6.03 Å². The van der Waals surface area contributed by atoms with E-state index in [4.69, 9.17) is 21.8 Å². The van der Waals surface area contributed by atoms with Gasteiger partial charge in [0.25, 0.3) is 5.91 Å². The second kappa shape index (κ2) is 6.64. The van der Waals surface area contributed by atoms with E-state index in [9.17, 15) is 9.59 Å². The van der Waals surface area contributed by atoms with E-state index in [2.05, 4.69) is 10.6 Å². The van der Waals surface area contributed by atoms with E-state index in [0.717, 1.165) is 10.9 Å². The quantitative estimate of drug-likeness (QED) is 0.676. The molecule has 0 fully saturated rings. The fraction of sp³-hybridized carbons (Fsp3) is 0.0588. The van der Waals surface area contributed by atoms with Gasteiger partial charge < -0.3 is 20.8 Å². The lowest BCUT2D eigenvalue weighted by Gasteiger charge is -2.05. The van der Waals surface area contributed by atoms with Gasteiger partial charge in [0.15, 0.2) is 5.76 Å². The molecule has 0 spiro atoms. The number of fused-ring (bicyclic) bond motifs is 1. The third kappa shape index (κ3) is 3.67. The highest BCUT2D eigenvalue weighted by atomic mass is 35.5. The molecule has 24 heavy (non-hydrogen) atoms. The van der Waals surface area contributed by atoms with Gasteiger partial charge in [-0.25, -0.2) is 4.79 Å². The number of primary amides is 1. The largest absolute Gasteiger partial charge is 0.451 e. The average Bonchev–Trinajstić information content (AvgIpc) is 2.96. The van der Waals surface area contributed by atoms with Gasteiger partial charge in [0, 0.05) is 22.6 Å². The number of carbonyl (C=O) groups excluding carboxylic acids is 2. The molecule has 0 radical (unpaired) electrons. The number of hydrogen-bond donors (Lipinski definition) is 3. The molecule has 0 unspecified atom stereocenters. The van der Waals surface area contributed by atoms with Crippen LogP contribution >= 0.6 is 11.6 Å². The molecule has 3 rings (SSSR count). The van der Waals surface area contributed by atoms with Crippen LogP contribution < -0.4 is 16.4 Å². The van der Waals surface area contributed by atoms with Crippen molar-refractivity contribution in [3.63, 3.8) is 0 Å². The average molecular weight is 344 g/mol. The van der Waals surface area contributed by atoms with Crippen molar-refractivity contribution in [1.29, 1.82) is 0 Å². The molecule has 0 aliphatic carbocycles. The second-order valence-electron chi connectivity index (χ2n) is 5.16. The van der Waals surface area contributed by atoms with Crippen LogP contribution in [0.5, 0.6) is 0 Å². The highest BCUT2D eigenvalue weighted by Crippen LogP contribution is 2.23. The summed E-state index contributed by atoms with van der Waals surface area (Å²) in [5.74, 6) is -0.0964. The van der Waals surface area contributed by atoms with Crippen LogP contribution in [0.15, 0.2) is 52.9 Å². The van der Waals surface area contributed by atoms with Crippen LogP contribution in [-0.4, -0.2) is 11.9 Å². The van der Waals surface area contributed by atoms with Gasteiger partial charge in [0.05, 0.1) is 0 Å². The summed E-state index contributed by atoms with van der Waals surface area (Å²) in [6.07, 6.45) is 0. The van der Waals surface area contributed by atoms with Gasteiger partial charge in [-0.1, -0.05) is 23.7 Å². The molecule has 1 heterocycles. The van der Waals surface area contributed by atoms with Crippen molar-refractivity contribution in [1.82, 2.24) is 5.32 Å². The van der Waals surface area contributed by atoms with Crippen LogP contribution in [0.4, 0.5) is 10.5 Å². The second-order valence-corrected chi connectivity index (χ2v) is 5.60. The maximum absolute atomic E-state index is 12.2. The van der Waals surface area contributed by atoms with Gasteiger partial charge in [-0.15, -0.1) is 0 Å². The zero-order valence-electron chi connectivity index (χ0n) is 12.5. The van der Waals surface area contributed by atoms with E-state index in [-0.39, 0.29) is 11.7 Å². The SMILES string of the molecule is NC(=O)Nc1ccc(CNC(=O)c2cc3cc(Cl)ccc3o2)cc1. The number of halogens is 1. The highest BCUT2D eigenvalue weighted by Gasteiger charge is 2.12. The van der Waals surface area contributed by atoms with E-state index < -0.39 is 6.03 Å². The minimum atomic E-state index is -0.624. The molecule has 0 saturated heterocycles. The monoisotopic (exact) mass is 343 g/mol. The van der Waals surface area contributed by atoms with Crippen LogP contribution in [0, 0.1) is 0 Å². The number of benzene rings is 2. The number of nitrogens with two attached hydrogens (primary N) is 1. The molecule has 3 amide bonds. The number of hydrogen-bond acceptors (Lipinski definition) is 3. The topological polar surface area (TPSA) is 97.4 Å². The Kier molecular flexibility index (Phi) is 4.39. The number of carbonyl (C=O) groups is 2. The fourth-order valence-electron chi connectivity index (χ4n) is 2.24. The smallest absolute Gasteiger partial charge is 0.316 e. The minimum absolute atomic E-state index is 0.222. The number of furan rings is 1. The Balaban J connectivity index is 1.64. The molecule has 7 heteroatoms. The molecule has 2 aromatic carbocycles. The lowest BCUT2D eigenvalue weighted by atomic mass is 10.2. The van der Waals surface area contributed by atoms with Crippen molar-refractivity contribution >= 4 is 40.2 Å². The van der Waals surface area contributed by atoms with Crippen molar-refractivity contribution in [2.75, 3.05) is 5.32 Å². The summed E-state index contributed by atoms with van der Waals surface area (Å²) >= 11 is 5.92. The summed E-state index contributed by atoms with van der Waals surface area (Å²) in [4.78, 5) is 22.9. The minimum Gasteiger partial charge on any atom is -0.451 e. The van der Waals surface area contributed by atoms with E-state index in [1.165, 1.54) is 0 Å². The highest BCUT2D eigenvalue weighted by molar-refractivity contribution is 6.31.